The fourth-order valence-electron chi connectivity index (χ4n) is 2.04. The highest BCUT2D eigenvalue weighted by Crippen LogP contribution is 2.25. The van der Waals surface area contributed by atoms with Gasteiger partial charge in [0.05, 0.1) is 17.8 Å². The third-order valence-electron chi connectivity index (χ3n) is 2.65. The molecule has 0 fully saturated rings. The minimum atomic E-state index is 0.627. The average Bonchev–Trinajstić information content (AvgIpc) is 2.57. The van der Waals surface area contributed by atoms with Gasteiger partial charge in [0, 0.05) is 24.7 Å². The van der Waals surface area contributed by atoms with Crippen molar-refractivity contribution >= 4 is 16.6 Å². The highest BCUT2D eigenvalue weighted by atomic mass is 16.5. The van der Waals surface area contributed by atoms with Crippen molar-refractivity contribution in [1.82, 2.24) is 4.57 Å². The number of nitrogens with two attached hydrogens (primary N) is 1. The fraction of sp³-hybridized carbons (Fsp3) is 0.333. The van der Waals surface area contributed by atoms with E-state index in [2.05, 4.69) is 23.6 Å². The summed E-state index contributed by atoms with van der Waals surface area (Å²) in [5.74, 6) is 0. The summed E-state index contributed by atoms with van der Waals surface area (Å²) in [6.07, 6.45) is 0. The van der Waals surface area contributed by atoms with E-state index in [9.17, 15) is 0 Å². The number of aromatic nitrogens is 1. The number of para-hydroxylation sites is 1. The molecule has 1 aromatic heterocycles. The van der Waals surface area contributed by atoms with Crippen molar-refractivity contribution in [1.29, 1.82) is 0 Å². The lowest BCUT2D eigenvalue weighted by Crippen LogP contribution is -2.02. The zero-order chi connectivity index (χ0) is 10.8. The number of anilines is 1. The molecule has 0 unspecified atom stereocenters. The van der Waals surface area contributed by atoms with Gasteiger partial charge < -0.3 is 15.0 Å². The zero-order valence-corrected chi connectivity index (χ0v) is 9.16. The van der Waals surface area contributed by atoms with Gasteiger partial charge in [-0.25, -0.2) is 0 Å². The van der Waals surface area contributed by atoms with Crippen molar-refractivity contribution in [3.63, 3.8) is 0 Å². The predicted octanol–water partition coefficient (Wildman–Crippen LogP) is 2.39. The standard InChI is InChI=1S/C12H16N2O/c1-3-14-10(8-15-2)7-9-5-4-6-11(13)12(9)14/h4-7H,3,8,13H2,1-2H3. The Hall–Kier alpha value is -1.48. The summed E-state index contributed by atoms with van der Waals surface area (Å²) in [4.78, 5) is 0. The molecule has 2 N–H and O–H groups in total. The Bertz CT molecular complexity index is 474. The van der Waals surface area contributed by atoms with Crippen LogP contribution in [0.5, 0.6) is 0 Å². The topological polar surface area (TPSA) is 40.2 Å². The van der Waals surface area contributed by atoms with Crippen LogP contribution in [0.1, 0.15) is 12.6 Å². The summed E-state index contributed by atoms with van der Waals surface area (Å²) in [7, 11) is 1.71. The third kappa shape index (κ3) is 1.59. The molecule has 0 amide bonds. The molecule has 0 radical (unpaired) electrons. The summed E-state index contributed by atoms with van der Waals surface area (Å²) in [5, 5.41) is 1.18. The summed E-state index contributed by atoms with van der Waals surface area (Å²) in [6, 6.07) is 8.13. The monoisotopic (exact) mass is 204 g/mol. The highest BCUT2D eigenvalue weighted by molar-refractivity contribution is 5.91. The molecule has 0 atom stereocenters. The van der Waals surface area contributed by atoms with Gasteiger partial charge in [-0.15, -0.1) is 0 Å². The largest absolute Gasteiger partial charge is 0.397 e. The molecule has 0 spiro atoms. The second-order valence-corrected chi connectivity index (χ2v) is 3.60. The fourth-order valence-corrected chi connectivity index (χ4v) is 2.04. The van der Waals surface area contributed by atoms with E-state index < -0.39 is 0 Å². The molecule has 0 saturated carbocycles. The van der Waals surface area contributed by atoms with Crippen molar-refractivity contribution in [3.05, 3.63) is 30.0 Å². The molecule has 2 rings (SSSR count). The summed E-state index contributed by atoms with van der Waals surface area (Å²) in [6.45, 7) is 3.66. The van der Waals surface area contributed by atoms with E-state index in [-0.39, 0.29) is 0 Å². The van der Waals surface area contributed by atoms with Gasteiger partial charge >= 0.3 is 0 Å². The normalized spacial score (nSPS) is 11.1. The van der Waals surface area contributed by atoms with Gasteiger partial charge in [0.1, 0.15) is 0 Å². The van der Waals surface area contributed by atoms with Crippen LogP contribution in [-0.4, -0.2) is 11.7 Å². The molecule has 0 aliphatic heterocycles. The molecule has 2 aromatic rings. The van der Waals surface area contributed by atoms with Crippen molar-refractivity contribution in [3.8, 4) is 0 Å². The highest BCUT2D eigenvalue weighted by Gasteiger charge is 2.08. The Morgan fingerprint density at radius 1 is 1.40 bits per heavy atom. The molecular weight excluding hydrogens is 188 g/mol. The molecular formula is C12H16N2O. The van der Waals surface area contributed by atoms with Gasteiger partial charge in [0.15, 0.2) is 0 Å². The van der Waals surface area contributed by atoms with Crippen LogP contribution in [0, 0.1) is 0 Å². The van der Waals surface area contributed by atoms with E-state index >= 15 is 0 Å². The van der Waals surface area contributed by atoms with Gasteiger partial charge in [0.2, 0.25) is 0 Å². The quantitative estimate of drug-likeness (QED) is 0.780. The predicted molar refractivity (Wildman–Crippen MR) is 62.7 cm³/mol. The van der Waals surface area contributed by atoms with E-state index in [0.717, 1.165) is 17.7 Å². The number of hydrogen-bond donors (Lipinski definition) is 1. The molecule has 0 saturated heterocycles. The van der Waals surface area contributed by atoms with Crippen LogP contribution >= 0.6 is 0 Å². The zero-order valence-electron chi connectivity index (χ0n) is 9.16. The SMILES string of the molecule is CCn1c(COC)cc2cccc(N)c21. The molecule has 80 valence electrons. The maximum atomic E-state index is 5.98. The van der Waals surface area contributed by atoms with Crippen molar-refractivity contribution in [2.45, 2.75) is 20.1 Å². The molecule has 3 nitrogen and oxygen atoms in total. The van der Waals surface area contributed by atoms with Crippen LogP contribution in [0.3, 0.4) is 0 Å². The number of fused-ring (bicyclic) bond motifs is 1. The molecule has 0 bridgehead atoms. The molecule has 0 aliphatic carbocycles. The molecule has 0 aliphatic rings. The first-order chi connectivity index (χ1) is 7.27. The molecule has 1 heterocycles. The first-order valence-corrected chi connectivity index (χ1v) is 5.13. The summed E-state index contributed by atoms with van der Waals surface area (Å²) < 4.78 is 7.38. The number of nitrogens with zero attached hydrogens (tertiary/aromatic N) is 1. The average molecular weight is 204 g/mol. The van der Waals surface area contributed by atoms with Gasteiger partial charge in [0.25, 0.3) is 0 Å². The molecule has 3 heteroatoms. The van der Waals surface area contributed by atoms with Crippen molar-refractivity contribution in [2.75, 3.05) is 12.8 Å². The number of aryl methyl sites for hydroxylation is 1. The van der Waals surface area contributed by atoms with E-state index in [1.54, 1.807) is 7.11 Å². The molecule has 1 aromatic carbocycles. The maximum Gasteiger partial charge on any atom is 0.0864 e. The van der Waals surface area contributed by atoms with Crippen LogP contribution < -0.4 is 5.73 Å². The minimum Gasteiger partial charge on any atom is -0.397 e. The molecule has 15 heavy (non-hydrogen) atoms. The van der Waals surface area contributed by atoms with Crippen LogP contribution in [0.25, 0.3) is 10.9 Å². The smallest absolute Gasteiger partial charge is 0.0864 e. The summed E-state index contributed by atoms with van der Waals surface area (Å²) in [5.41, 5.74) is 9.10. The van der Waals surface area contributed by atoms with Crippen LogP contribution in [0.4, 0.5) is 5.69 Å². The third-order valence-corrected chi connectivity index (χ3v) is 2.65. The van der Waals surface area contributed by atoms with Crippen molar-refractivity contribution < 1.29 is 4.74 Å². The van der Waals surface area contributed by atoms with Crippen LogP contribution in [0.15, 0.2) is 24.3 Å². The second-order valence-electron chi connectivity index (χ2n) is 3.60. The van der Waals surface area contributed by atoms with E-state index in [0.29, 0.717) is 6.61 Å². The van der Waals surface area contributed by atoms with Crippen molar-refractivity contribution in [2.24, 2.45) is 0 Å². The number of methoxy groups -OCH3 is 1. The van der Waals surface area contributed by atoms with Crippen LogP contribution in [-0.2, 0) is 17.9 Å². The van der Waals surface area contributed by atoms with E-state index in [4.69, 9.17) is 10.5 Å². The number of benzene rings is 1. The van der Waals surface area contributed by atoms with Gasteiger partial charge in [-0.1, -0.05) is 12.1 Å². The first-order valence-electron chi connectivity index (χ1n) is 5.13. The van der Waals surface area contributed by atoms with E-state index in [1.807, 2.05) is 12.1 Å². The van der Waals surface area contributed by atoms with Gasteiger partial charge in [-0.05, 0) is 19.1 Å². The van der Waals surface area contributed by atoms with Gasteiger partial charge in [-0.3, -0.25) is 0 Å². The Kier molecular flexibility index (Phi) is 2.64. The Labute approximate surface area is 89.4 Å². The van der Waals surface area contributed by atoms with Crippen LogP contribution in [0.2, 0.25) is 0 Å². The number of rotatable bonds is 3. The maximum absolute atomic E-state index is 5.98. The Morgan fingerprint density at radius 2 is 2.20 bits per heavy atom. The lowest BCUT2D eigenvalue weighted by Gasteiger charge is -2.08. The number of ether oxygens (including phenoxy) is 1. The van der Waals surface area contributed by atoms with Gasteiger partial charge in [-0.2, -0.15) is 0 Å². The van der Waals surface area contributed by atoms with E-state index in [1.165, 1.54) is 11.1 Å². The summed E-state index contributed by atoms with van der Waals surface area (Å²) >= 11 is 0. The second kappa shape index (κ2) is 3.95. The Balaban J connectivity index is 2.68. The Morgan fingerprint density at radius 3 is 2.87 bits per heavy atom. The lowest BCUT2D eigenvalue weighted by atomic mass is 10.2. The first kappa shape index (κ1) is 10.1. The lowest BCUT2D eigenvalue weighted by molar-refractivity contribution is 0.178. The number of hydrogen-bond acceptors (Lipinski definition) is 2. The minimum absolute atomic E-state index is 0.627. The number of nitrogen functional groups attached to an aromatic ring is 1.